The fourth-order valence-corrected chi connectivity index (χ4v) is 3.18. The SMILES string of the molecule is CCNC(=NCC(c1cccc(OC)c1)N(C)C)NC1CCCC1. The molecule has 1 aliphatic rings. The van der Waals surface area contributed by atoms with Crippen molar-refractivity contribution in [3.05, 3.63) is 29.8 Å². The van der Waals surface area contributed by atoms with Gasteiger partial charge < -0.3 is 20.3 Å². The van der Waals surface area contributed by atoms with Crippen LogP contribution in [0, 0.1) is 0 Å². The predicted octanol–water partition coefficient (Wildman–Crippen LogP) is 2.80. The van der Waals surface area contributed by atoms with Crippen molar-refractivity contribution >= 4 is 5.96 Å². The summed E-state index contributed by atoms with van der Waals surface area (Å²) in [5, 5.41) is 6.95. The van der Waals surface area contributed by atoms with Gasteiger partial charge in [-0.2, -0.15) is 0 Å². The van der Waals surface area contributed by atoms with E-state index in [1.807, 2.05) is 12.1 Å². The van der Waals surface area contributed by atoms with Gasteiger partial charge in [0.25, 0.3) is 0 Å². The zero-order chi connectivity index (χ0) is 17.4. The minimum atomic E-state index is 0.221. The van der Waals surface area contributed by atoms with Gasteiger partial charge in [0, 0.05) is 12.6 Å². The summed E-state index contributed by atoms with van der Waals surface area (Å²) in [6, 6.07) is 9.04. The monoisotopic (exact) mass is 332 g/mol. The fraction of sp³-hybridized carbons (Fsp3) is 0.632. The van der Waals surface area contributed by atoms with Crippen LogP contribution in [-0.4, -0.2) is 51.2 Å². The van der Waals surface area contributed by atoms with E-state index in [4.69, 9.17) is 9.73 Å². The zero-order valence-corrected chi connectivity index (χ0v) is 15.5. The first-order chi connectivity index (χ1) is 11.6. The van der Waals surface area contributed by atoms with E-state index in [1.54, 1.807) is 7.11 Å². The third-order valence-electron chi connectivity index (χ3n) is 4.56. The molecule has 1 aromatic rings. The molecule has 5 heteroatoms. The van der Waals surface area contributed by atoms with E-state index in [9.17, 15) is 0 Å². The number of hydrogen-bond donors (Lipinski definition) is 2. The highest BCUT2D eigenvalue weighted by atomic mass is 16.5. The topological polar surface area (TPSA) is 48.9 Å². The molecule has 1 fully saturated rings. The number of likely N-dealkylation sites (N-methyl/N-ethyl adjacent to an activating group) is 1. The summed E-state index contributed by atoms with van der Waals surface area (Å²) in [6.45, 7) is 3.70. The molecule has 1 aliphatic carbocycles. The lowest BCUT2D eigenvalue weighted by Crippen LogP contribution is -2.42. The lowest BCUT2D eigenvalue weighted by molar-refractivity contribution is 0.305. The largest absolute Gasteiger partial charge is 0.497 e. The van der Waals surface area contributed by atoms with Crippen LogP contribution in [0.15, 0.2) is 29.3 Å². The Morgan fingerprint density at radius 2 is 2.08 bits per heavy atom. The van der Waals surface area contributed by atoms with E-state index in [1.165, 1.54) is 31.2 Å². The molecule has 0 aliphatic heterocycles. The number of rotatable bonds is 7. The molecule has 0 radical (unpaired) electrons. The number of methoxy groups -OCH3 is 1. The van der Waals surface area contributed by atoms with Crippen molar-refractivity contribution in [3.8, 4) is 5.75 Å². The second-order valence-corrected chi connectivity index (χ2v) is 6.60. The molecule has 1 atom stereocenters. The number of benzene rings is 1. The van der Waals surface area contributed by atoms with E-state index in [0.717, 1.165) is 18.3 Å². The Morgan fingerprint density at radius 1 is 1.33 bits per heavy atom. The van der Waals surface area contributed by atoms with Crippen molar-refractivity contribution in [1.82, 2.24) is 15.5 Å². The van der Waals surface area contributed by atoms with Gasteiger partial charge in [-0.15, -0.1) is 0 Å². The maximum Gasteiger partial charge on any atom is 0.191 e. The lowest BCUT2D eigenvalue weighted by atomic mass is 10.1. The van der Waals surface area contributed by atoms with Crippen LogP contribution >= 0.6 is 0 Å². The third kappa shape index (κ3) is 5.41. The average Bonchev–Trinajstić information content (AvgIpc) is 3.08. The summed E-state index contributed by atoms with van der Waals surface area (Å²) < 4.78 is 5.36. The van der Waals surface area contributed by atoms with Crippen LogP contribution in [0.25, 0.3) is 0 Å². The predicted molar refractivity (Wildman–Crippen MR) is 101 cm³/mol. The normalized spacial score (nSPS) is 17.1. The maximum absolute atomic E-state index is 5.36. The standard InChI is InChI=1S/C19H32N4O/c1-5-20-19(22-16-10-6-7-11-16)21-14-18(23(2)3)15-9-8-12-17(13-15)24-4/h8-9,12-13,16,18H,5-7,10-11,14H2,1-4H3,(H2,20,21,22). The number of ether oxygens (including phenoxy) is 1. The van der Waals surface area contributed by atoms with Crippen molar-refractivity contribution < 1.29 is 4.74 Å². The number of hydrogen-bond acceptors (Lipinski definition) is 3. The molecule has 0 spiro atoms. The average molecular weight is 332 g/mol. The summed E-state index contributed by atoms with van der Waals surface area (Å²) in [4.78, 5) is 7.05. The van der Waals surface area contributed by atoms with Gasteiger partial charge in [0.1, 0.15) is 5.75 Å². The Labute approximate surface area is 146 Å². The second-order valence-electron chi connectivity index (χ2n) is 6.60. The summed E-state index contributed by atoms with van der Waals surface area (Å²) in [6.07, 6.45) is 5.14. The van der Waals surface area contributed by atoms with Crippen molar-refractivity contribution in [3.63, 3.8) is 0 Å². The third-order valence-corrected chi connectivity index (χ3v) is 4.56. The van der Waals surface area contributed by atoms with Crippen LogP contribution in [0.5, 0.6) is 5.75 Å². The van der Waals surface area contributed by atoms with Crippen molar-refractivity contribution in [1.29, 1.82) is 0 Å². The van der Waals surface area contributed by atoms with Gasteiger partial charge in [-0.25, -0.2) is 0 Å². The first-order valence-electron chi connectivity index (χ1n) is 8.99. The smallest absolute Gasteiger partial charge is 0.191 e. The quantitative estimate of drug-likeness (QED) is 0.595. The van der Waals surface area contributed by atoms with Gasteiger partial charge in [-0.1, -0.05) is 25.0 Å². The van der Waals surface area contributed by atoms with Gasteiger partial charge in [-0.3, -0.25) is 4.99 Å². The van der Waals surface area contributed by atoms with E-state index < -0.39 is 0 Å². The Hall–Kier alpha value is -1.75. The highest BCUT2D eigenvalue weighted by molar-refractivity contribution is 5.80. The van der Waals surface area contributed by atoms with Gasteiger partial charge >= 0.3 is 0 Å². The Morgan fingerprint density at radius 3 is 2.71 bits per heavy atom. The number of guanidine groups is 1. The van der Waals surface area contributed by atoms with Crippen LogP contribution in [0.3, 0.4) is 0 Å². The van der Waals surface area contributed by atoms with Gasteiger partial charge in [-0.05, 0) is 51.6 Å². The summed E-state index contributed by atoms with van der Waals surface area (Å²) >= 11 is 0. The minimum absolute atomic E-state index is 0.221. The molecule has 1 aromatic carbocycles. The molecular formula is C19H32N4O. The second kappa shape index (κ2) is 9.52. The molecule has 0 saturated heterocycles. The van der Waals surface area contributed by atoms with Crippen molar-refractivity contribution in [2.45, 2.75) is 44.7 Å². The van der Waals surface area contributed by atoms with Crippen LogP contribution in [0.2, 0.25) is 0 Å². The molecule has 0 amide bonds. The van der Waals surface area contributed by atoms with Gasteiger partial charge in [0.2, 0.25) is 0 Å². The number of aliphatic imine (C=N–C) groups is 1. The van der Waals surface area contributed by atoms with Crippen LogP contribution in [0.4, 0.5) is 0 Å². The molecule has 24 heavy (non-hydrogen) atoms. The van der Waals surface area contributed by atoms with Crippen molar-refractivity contribution in [2.75, 3.05) is 34.3 Å². The molecule has 134 valence electrons. The molecule has 5 nitrogen and oxygen atoms in total. The Bertz CT molecular complexity index is 524. The summed E-state index contributed by atoms with van der Waals surface area (Å²) in [5.41, 5.74) is 1.22. The minimum Gasteiger partial charge on any atom is -0.497 e. The summed E-state index contributed by atoms with van der Waals surface area (Å²) in [7, 11) is 5.89. The zero-order valence-electron chi connectivity index (χ0n) is 15.5. The number of nitrogens with zero attached hydrogens (tertiary/aromatic N) is 2. The van der Waals surface area contributed by atoms with E-state index >= 15 is 0 Å². The Kier molecular flexibility index (Phi) is 7.37. The molecule has 0 bridgehead atoms. The molecule has 1 unspecified atom stereocenters. The van der Waals surface area contributed by atoms with E-state index in [-0.39, 0.29) is 6.04 Å². The maximum atomic E-state index is 5.36. The molecule has 0 heterocycles. The lowest BCUT2D eigenvalue weighted by Gasteiger charge is -2.24. The van der Waals surface area contributed by atoms with Crippen LogP contribution < -0.4 is 15.4 Å². The fourth-order valence-electron chi connectivity index (χ4n) is 3.18. The molecule has 2 N–H and O–H groups in total. The molecular weight excluding hydrogens is 300 g/mol. The molecule has 1 saturated carbocycles. The first-order valence-corrected chi connectivity index (χ1v) is 8.99. The van der Waals surface area contributed by atoms with Crippen LogP contribution in [-0.2, 0) is 0 Å². The van der Waals surface area contributed by atoms with E-state index in [2.05, 4.69) is 48.7 Å². The molecule has 2 rings (SSSR count). The highest BCUT2D eigenvalue weighted by Gasteiger charge is 2.18. The van der Waals surface area contributed by atoms with Crippen molar-refractivity contribution in [2.24, 2.45) is 4.99 Å². The highest BCUT2D eigenvalue weighted by Crippen LogP contribution is 2.23. The van der Waals surface area contributed by atoms with Crippen LogP contribution in [0.1, 0.15) is 44.2 Å². The van der Waals surface area contributed by atoms with E-state index in [0.29, 0.717) is 12.6 Å². The van der Waals surface area contributed by atoms with Gasteiger partial charge in [0.05, 0.1) is 19.7 Å². The number of nitrogens with one attached hydrogen (secondary N) is 2. The van der Waals surface area contributed by atoms with Gasteiger partial charge in [0.15, 0.2) is 5.96 Å². The first kappa shape index (κ1) is 18.6. The Balaban J connectivity index is 2.08. The molecule has 0 aromatic heterocycles. The summed E-state index contributed by atoms with van der Waals surface area (Å²) in [5.74, 6) is 1.82.